The fourth-order valence-electron chi connectivity index (χ4n) is 3.86. The van der Waals surface area contributed by atoms with Crippen molar-refractivity contribution in [3.8, 4) is 5.75 Å². The number of aliphatic carboxylic acids is 1. The van der Waals surface area contributed by atoms with E-state index >= 15 is 0 Å². The molecule has 1 aromatic carbocycles. The first-order chi connectivity index (χ1) is 11.5. The summed E-state index contributed by atoms with van der Waals surface area (Å²) in [5, 5.41) is 12.5. The summed E-state index contributed by atoms with van der Waals surface area (Å²) in [5.41, 5.74) is -0.175. The zero-order chi connectivity index (χ0) is 17.3. The van der Waals surface area contributed by atoms with Gasteiger partial charge in [0.2, 0.25) is 0 Å². The molecule has 24 heavy (non-hydrogen) atoms. The molecule has 7 heteroatoms. The fraction of sp³-hybridized carbons (Fsp3) is 0.529. The van der Waals surface area contributed by atoms with Gasteiger partial charge in [-0.2, -0.15) is 0 Å². The maximum absolute atomic E-state index is 12.6. The highest BCUT2D eigenvalue weighted by Gasteiger charge is 2.55. The molecule has 6 nitrogen and oxygen atoms in total. The van der Waals surface area contributed by atoms with Crippen molar-refractivity contribution in [2.75, 3.05) is 25.0 Å². The Morgan fingerprint density at radius 2 is 2.29 bits per heavy atom. The molecule has 0 aromatic heterocycles. The molecule has 1 aromatic rings. The molecule has 2 atom stereocenters. The van der Waals surface area contributed by atoms with Crippen LogP contribution in [-0.2, 0) is 4.79 Å². The molecule has 0 spiro atoms. The number of fused-ring (bicyclic) bond motifs is 1. The summed E-state index contributed by atoms with van der Waals surface area (Å²) in [5.74, 6) is -0.136. The first kappa shape index (κ1) is 17.1. The van der Waals surface area contributed by atoms with Gasteiger partial charge in [-0.05, 0) is 43.9 Å². The monoisotopic (exact) mass is 396 g/mol. The average molecular weight is 397 g/mol. The number of nitrogens with one attached hydrogen (secondary N) is 1. The van der Waals surface area contributed by atoms with Crippen LogP contribution in [0.15, 0.2) is 22.7 Å². The molecule has 130 valence electrons. The number of hydrogen-bond donors (Lipinski definition) is 2. The molecule has 1 aliphatic carbocycles. The van der Waals surface area contributed by atoms with Gasteiger partial charge in [-0.1, -0.05) is 22.4 Å². The van der Waals surface area contributed by atoms with Crippen LogP contribution < -0.4 is 10.1 Å². The number of halogens is 1. The van der Waals surface area contributed by atoms with Crippen LogP contribution in [0.25, 0.3) is 0 Å². The normalized spacial score (nSPS) is 25.4. The Labute approximate surface area is 149 Å². The summed E-state index contributed by atoms with van der Waals surface area (Å²) in [6.45, 7) is 3.15. The van der Waals surface area contributed by atoms with Crippen LogP contribution in [0.1, 0.15) is 26.2 Å². The van der Waals surface area contributed by atoms with Crippen LogP contribution in [0.3, 0.4) is 0 Å². The molecule has 0 radical (unpaired) electrons. The van der Waals surface area contributed by atoms with E-state index < -0.39 is 11.4 Å². The molecule has 2 amide bonds. The quantitative estimate of drug-likeness (QED) is 0.814. The van der Waals surface area contributed by atoms with Crippen LogP contribution in [0.5, 0.6) is 5.75 Å². The van der Waals surface area contributed by atoms with Crippen LogP contribution >= 0.6 is 15.9 Å². The number of rotatable bonds is 4. The molecule has 1 heterocycles. The lowest BCUT2D eigenvalue weighted by Crippen LogP contribution is -2.38. The molecule has 1 saturated carbocycles. The van der Waals surface area contributed by atoms with E-state index in [2.05, 4.69) is 21.2 Å². The second kappa shape index (κ2) is 6.63. The van der Waals surface area contributed by atoms with E-state index in [4.69, 9.17) is 4.74 Å². The van der Waals surface area contributed by atoms with Crippen molar-refractivity contribution in [3.05, 3.63) is 22.7 Å². The number of carboxylic acid groups (broad SMARTS) is 1. The van der Waals surface area contributed by atoms with E-state index in [9.17, 15) is 14.7 Å². The van der Waals surface area contributed by atoms with Crippen molar-refractivity contribution < 1.29 is 19.4 Å². The van der Waals surface area contributed by atoms with Gasteiger partial charge in [-0.3, -0.25) is 4.79 Å². The Bertz CT molecular complexity index is 666. The highest BCUT2D eigenvalue weighted by molar-refractivity contribution is 9.10. The second-order valence-corrected chi connectivity index (χ2v) is 7.35. The van der Waals surface area contributed by atoms with Gasteiger partial charge in [0.1, 0.15) is 5.75 Å². The highest BCUT2D eigenvalue weighted by atomic mass is 79.9. The predicted octanol–water partition coefficient (Wildman–Crippen LogP) is 3.57. The minimum absolute atomic E-state index is 0.0528. The molecule has 1 saturated heterocycles. The summed E-state index contributed by atoms with van der Waals surface area (Å²) in [7, 11) is 0. The summed E-state index contributed by atoms with van der Waals surface area (Å²) in [6.07, 6.45) is 2.45. The van der Waals surface area contributed by atoms with E-state index in [1.165, 1.54) is 0 Å². The number of benzene rings is 1. The summed E-state index contributed by atoms with van der Waals surface area (Å²) < 4.78 is 6.42. The zero-order valence-electron chi connectivity index (χ0n) is 13.5. The van der Waals surface area contributed by atoms with E-state index in [0.29, 0.717) is 31.0 Å². The Balaban J connectivity index is 1.74. The van der Waals surface area contributed by atoms with Gasteiger partial charge in [-0.15, -0.1) is 0 Å². The van der Waals surface area contributed by atoms with Crippen molar-refractivity contribution in [1.29, 1.82) is 0 Å². The smallest absolute Gasteiger partial charge is 0.321 e. The summed E-state index contributed by atoms with van der Waals surface area (Å²) in [6, 6.07) is 5.14. The Kier molecular flexibility index (Phi) is 4.71. The molecule has 0 unspecified atom stereocenters. The molecular formula is C17H21BrN2O4. The van der Waals surface area contributed by atoms with E-state index in [1.807, 2.05) is 13.0 Å². The van der Waals surface area contributed by atoms with Gasteiger partial charge in [0.05, 0.1) is 17.7 Å². The van der Waals surface area contributed by atoms with E-state index in [1.54, 1.807) is 17.0 Å². The molecule has 0 bridgehead atoms. The maximum Gasteiger partial charge on any atom is 0.321 e. The van der Waals surface area contributed by atoms with Crippen molar-refractivity contribution in [2.24, 2.45) is 11.3 Å². The van der Waals surface area contributed by atoms with Gasteiger partial charge in [0, 0.05) is 17.6 Å². The Hall–Kier alpha value is -1.76. The van der Waals surface area contributed by atoms with Crippen molar-refractivity contribution >= 4 is 33.6 Å². The maximum atomic E-state index is 12.6. The Morgan fingerprint density at radius 3 is 2.96 bits per heavy atom. The third-order valence-corrected chi connectivity index (χ3v) is 5.56. The van der Waals surface area contributed by atoms with Crippen molar-refractivity contribution in [1.82, 2.24) is 4.90 Å². The first-order valence-electron chi connectivity index (χ1n) is 8.18. The Morgan fingerprint density at radius 1 is 1.50 bits per heavy atom. The topological polar surface area (TPSA) is 78.9 Å². The van der Waals surface area contributed by atoms with Crippen LogP contribution in [0.2, 0.25) is 0 Å². The number of carbonyl (C=O) groups excluding carboxylic acids is 1. The number of anilines is 1. The predicted molar refractivity (Wildman–Crippen MR) is 93.3 cm³/mol. The zero-order valence-corrected chi connectivity index (χ0v) is 15.1. The van der Waals surface area contributed by atoms with Gasteiger partial charge in [-0.25, -0.2) is 4.79 Å². The molecule has 1 aliphatic heterocycles. The average Bonchev–Trinajstić information content (AvgIpc) is 3.08. The fourth-order valence-corrected chi connectivity index (χ4v) is 4.20. The van der Waals surface area contributed by atoms with E-state index in [-0.39, 0.29) is 18.5 Å². The second-order valence-electron chi connectivity index (χ2n) is 6.43. The van der Waals surface area contributed by atoms with Crippen LogP contribution in [0, 0.1) is 11.3 Å². The standard InChI is InChI=1S/C17H21BrN2O4/c1-2-24-14-8-12(18)5-6-13(14)19-16(23)20-9-11-4-3-7-17(11,10-20)15(21)22/h5-6,8,11H,2-4,7,9-10H2,1H3,(H,19,23)(H,21,22)/t11-,17+/m0/s1. The first-order valence-corrected chi connectivity index (χ1v) is 8.97. The van der Waals surface area contributed by atoms with Gasteiger partial charge >= 0.3 is 12.0 Å². The lowest BCUT2D eigenvalue weighted by atomic mass is 9.81. The molecule has 2 aliphatic rings. The SMILES string of the molecule is CCOc1cc(Br)ccc1NC(=O)N1C[C@@H]2CCC[C@@]2(C(=O)O)C1. The van der Waals surface area contributed by atoms with Crippen molar-refractivity contribution in [3.63, 3.8) is 0 Å². The third kappa shape index (κ3) is 2.97. The highest BCUT2D eigenvalue weighted by Crippen LogP contribution is 2.49. The lowest BCUT2D eigenvalue weighted by Gasteiger charge is -2.23. The number of amides is 2. The lowest BCUT2D eigenvalue weighted by molar-refractivity contribution is -0.149. The largest absolute Gasteiger partial charge is 0.492 e. The number of carboxylic acids is 1. The van der Waals surface area contributed by atoms with Crippen LogP contribution in [0.4, 0.5) is 10.5 Å². The number of ether oxygens (including phenoxy) is 1. The number of hydrogen-bond acceptors (Lipinski definition) is 3. The number of urea groups is 1. The molecule has 2 fully saturated rings. The summed E-state index contributed by atoms with van der Waals surface area (Å²) in [4.78, 5) is 26.0. The summed E-state index contributed by atoms with van der Waals surface area (Å²) >= 11 is 3.39. The van der Waals surface area contributed by atoms with Gasteiger partial charge in [0.25, 0.3) is 0 Å². The van der Waals surface area contributed by atoms with Gasteiger partial charge < -0.3 is 20.1 Å². The number of nitrogens with zero attached hydrogens (tertiary/aromatic N) is 1. The molecular weight excluding hydrogens is 376 g/mol. The van der Waals surface area contributed by atoms with Crippen LogP contribution in [-0.4, -0.2) is 41.7 Å². The molecule has 3 rings (SSSR count). The third-order valence-electron chi connectivity index (χ3n) is 5.07. The number of carbonyl (C=O) groups is 2. The number of likely N-dealkylation sites (tertiary alicyclic amines) is 1. The van der Waals surface area contributed by atoms with E-state index in [0.717, 1.165) is 17.3 Å². The minimum atomic E-state index is -0.779. The minimum Gasteiger partial charge on any atom is -0.492 e. The molecule has 2 N–H and O–H groups in total. The van der Waals surface area contributed by atoms with Gasteiger partial charge in [0.15, 0.2) is 0 Å². The van der Waals surface area contributed by atoms with Crippen molar-refractivity contribution in [2.45, 2.75) is 26.2 Å².